The Hall–Kier alpha value is -2.24. The molecule has 0 aliphatic rings. The lowest BCUT2D eigenvalue weighted by molar-refractivity contribution is -0.116. The Morgan fingerprint density at radius 3 is 2.48 bits per heavy atom. The van der Waals surface area contributed by atoms with Crippen molar-refractivity contribution in [1.29, 1.82) is 0 Å². The van der Waals surface area contributed by atoms with Crippen molar-refractivity contribution in [2.75, 3.05) is 19.0 Å². The third-order valence-corrected chi connectivity index (χ3v) is 3.99. The summed E-state index contributed by atoms with van der Waals surface area (Å²) in [5, 5.41) is 6.38. The summed E-state index contributed by atoms with van der Waals surface area (Å²) in [6.07, 6.45) is 0.762. The topological polar surface area (TPSA) is 67.4 Å². The van der Waals surface area contributed by atoms with Crippen molar-refractivity contribution in [3.8, 4) is 5.75 Å². The second-order valence-electron chi connectivity index (χ2n) is 5.26. The van der Waals surface area contributed by atoms with E-state index >= 15 is 0 Å². The largest absolute Gasteiger partial charge is 0.497 e. The van der Waals surface area contributed by atoms with E-state index in [9.17, 15) is 9.59 Å². The zero-order valence-corrected chi connectivity index (χ0v) is 15.2. The fourth-order valence-corrected chi connectivity index (χ4v) is 2.44. The second kappa shape index (κ2) is 9.30. The van der Waals surface area contributed by atoms with Crippen molar-refractivity contribution in [1.82, 2.24) is 5.32 Å². The molecule has 0 aromatic heterocycles. The van der Waals surface area contributed by atoms with Gasteiger partial charge in [0, 0.05) is 23.6 Å². The lowest BCUT2D eigenvalue weighted by Gasteiger charge is -2.08. The summed E-state index contributed by atoms with van der Waals surface area (Å²) in [5.74, 6) is 0.303. The standard InChI is InChI=1S/C18H18Cl2N2O3/c1-25-14-7-4-12(5-8-14)18(24)21-10-2-3-17(23)22-16-11-13(19)6-9-15(16)20/h4-9,11H,2-3,10H2,1H3,(H,21,24)(H,22,23). The summed E-state index contributed by atoms with van der Waals surface area (Å²) < 4.78 is 5.04. The average Bonchev–Trinajstić information content (AvgIpc) is 2.61. The highest BCUT2D eigenvalue weighted by Gasteiger charge is 2.08. The van der Waals surface area contributed by atoms with Gasteiger partial charge in [0.15, 0.2) is 0 Å². The monoisotopic (exact) mass is 380 g/mol. The van der Waals surface area contributed by atoms with Gasteiger partial charge >= 0.3 is 0 Å². The van der Waals surface area contributed by atoms with E-state index in [1.54, 1.807) is 49.6 Å². The Bertz CT molecular complexity index is 748. The molecule has 2 N–H and O–H groups in total. The van der Waals surface area contributed by atoms with Crippen LogP contribution in [0, 0.1) is 0 Å². The molecule has 2 rings (SSSR count). The Morgan fingerprint density at radius 2 is 1.80 bits per heavy atom. The molecule has 0 spiro atoms. The molecule has 25 heavy (non-hydrogen) atoms. The molecule has 0 atom stereocenters. The Kier molecular flexibility index (Phi) is 7.10. The number of rotatable bonds is 7. The molecule has 0 aliphatic heterocycles. The van der Waals surface area contributed by atoms with Gasteiger partial charge < -0.3 is 15.4 Å². The first kappa shape index (κ1) is 19.1. The minimum Gasteiger partial charge on any atom is -0.497 e. The van der Waals surface area contributed by atoms with E-state index in [1.165, 1.54) is 0 Å². The molecule has 0 radical (unpaired) electrons. The number of carbonyl (C=O) groups excluding carboxylic acids is 2. The molecule has 0 saturated heterocycles. The summed E-state index contributed by atoms with van der Waals surface area (Å²) in [5.41, 5.74) is 1.01. The van der Waals surface area contributed by atoms with Gasteiger partial charge in [0.05, 0.1) is 17.8 Å². The summed E-state index contributed by atoms with van der Waals surface area (Å²) in [6, 6.07) is 11.7. The van der Waals surface area contributed by atoms with Crippen molar-refractivity contribution in [3.05, 3.63) is 58.1 Å². The highest BCUT2D eigenvalue weighted by Crippen LogP contribution is 2.25. The predicted molar refractivity (Wildman–Crippen MR) is 99.7 cm³/mol. The van der Waals surface area contributed by atoms with E-state index in [2.05, 4.69) is 10.6 Å². The number of hydrogen-bond donors (Lipinski definition) is 2. The van der Waals surface area contributed by atoms with E-state index in [0.717, 1.165) is 0 Å². The SMILES string of the molecule is COc1ccc(C(=O)NCCCC(=O)Nc2cc(Cl)ccc2Cl)cc1. The molecule has 0 fully saturated rings. The van der Waals surface area contributed by atoms with Gasteiger partial charge in [0.2, 0.25) is 5.91 Å². The van der Waals surface area contributed by atoms with Crippen molar-refractivity contribution >= 4 is 40.7 Å². The quantitative estimate of drug-likeness (QED) is 0.708. The summed E-state index contributed by atoms with van der Waals surface area (Å²) in [6.45, 7) is 0.390. The van der Waals surface area contributed by atoms with Crippen LogP contribution in [0.2, 0.25) is 10.0 Å². The maximum absolute atomic E-state index is 12.0. The Morgan fingerprint density at radius 1 is 1.08 bits per heavy atom. The van der Waals surface area contributed by atoms with Gasteiger partial charge in [-0.15, -0.1) is 0 Å². The maximum atomic E-state index is 12.0. The first-order valence-electron chi connectivity index (χ1n) is 7.67. The van der Waals surface area contributed by atoms with Gasteiger partial charge in [-0.1, -0.05) is 23.2 Å². The van der Waals surface area contributed by atoms with Crippen molar-refractivity contribution in [2.45, 2.75) is 12.8 Å². The van der Waals surface area contributed by atoms with Crippen LogP contribution in [0.1, 0.15) is 23.2 Å². The summed E-state index contributed by atoms with van der Waals surface area (Å²) in [7, 11) is 1.57. The van der Waals surface area contributed by atoms with Gasteiger partial charge in [0.1, 0.15) is 5.75 Å². The van der Waals surface area contributed by atoms with Crippen LogP contribution in [0.3, 0.4) is 0 Å². The van der Waals surface area contributed by atoms with Crippen LogP contribution in [0.15, 0.2) is 42.5 Å². The predicted octanol–water partition coefficient (Wildman–Crippen LogP) is 4.15. The molecule has 2 aromatic carbocycles. The summed E-state index contributed by atoms with van der Waals surface area (Å²) in [4.78, 5) is 23.9. The molecular weight excluding hydrogens is 363 g/mol. The number of benzene rings is 2. The number of nitrogens with one attached hydrogen (secondary N) is 2. The number of carbonyl (C=O) groups is 2. The summed E-state index contributed by atoms with van der Waals surface area (Å²) >= 11 is 11.9. The number of hydrogen-bond acceptors (Lipinski definition) is 3. The van der Waals surface area contributed by atoms with E-state index < -0.39 is 0 Å². The zero-order valence-electron chi connectivity index (χ0n) is 13.6. The fraction of sp³-hybridized carbons (Fsp3) is 0.222. The number of halogens is 2. The molecule has 0 unspecified atom stereocenters. The molecule has 0 bridgehead atoms. The third kappa shape index (κ3) is 5.96. The maximum Gasteiger partial charge on any atom is 0.251 e. The first-order chi connectivity index (χ1) is 12.0. The zero-order chi connectivity index (χ0) is 18.2. The second-order valence-corrected chi connectivity index (χ2v) is 6.10. The smallest absolute Gasteiger partial charge is 0.251 e. The molecular formula is C18H18Cl2N2O3. The van der Waals surface area contributed by atoms with Crippen LogP contribution in [-0.2, 0) is 4.79 Å². The van der Waals surface area contributed by atoms with E-state index in [-0.39, 0.29) is 18.2 Å². The lowest BCUT2D eigenvalue weighted by Crippen LogP contribution is -2.25. The molecule has 0 heterocycles. The molecule has 2 aromatic rings. The van der Waals surface area contributed by atoms with Crippen LogP contribution in [0.4, 0.5) is 5.69 Å². The van der Waals surface area contributed by atoms with E-state index in [0.29, 0.717) is 40.0 Å². The van der Waals surface area contributed by atoms with Gasteiger partial charge in [0.25, 0.3) is 5.91 Å². The van der Waals surface area contributed by atoms with Crippen LogP contribution < -0.4 is 15.4 Å². The number of anilines is 1. The average molecular weight is 381 g/mol. The molecule has 2 amide bonds. The van der Waals surface area contributed by atoms with Crippen molar-refractivity contribution in [2.24, 2.45) is 0 Å². The molecule has 5 nitrogen and oxygen atoms in total. The van der Waals surface area contributed by atoms with Crippen molar-refractivity contribution in [3.63, 3.8) is 0 Å². The molecule has 0 saturated carbocycles. The highest BCUT2D eigenvalue weighted by molar-refractivity contribution is 6.35. The number of methoxy groups -OCH3 is 1. The minimum atomic E-state index is -0.194. The van der Waals surface area contributed by atoms with Crippen LogP contribution in [-0.4, -0.2) is 25.5 Å². The van der Waals surface area contributed by atoms with Gasteiger partial charge in [-0.05, 0) is 48.9 Å². The van der Waals surface area contributed by atoms with Crippen LogP contribution >= 0.6 is 23.2 Å². The van der Waals surface area contributed by atoms with Crippen LogP contribution in [0.5, 0.6) is 5.75 Å². The van der Waals surface area contributed by atoms with Gasteiger partial charge in [-0.3, -0.25) is 9.59 Å². The molecule has 7 heteroatoms. The highest BCUT2D eigenvalue weighted by atomic mass is 35.5. The minimum absolute atomic E-state index is 0.192. The fourth-order valence-electron chi connectivity index (χ4n) is 2.10. The third-order valence-electron chi connectivity index (χ3n) is 3.42. The normalized spacial score (nSPS) is 10.2. The first-order valence-corrected chi connectivity index (χ1v) is 8.42. The molecule has 0 aliphatic carbocycles. The van der Waals surface area contributed by atoms with Gasteiger partial charge in [-0.25, -0.2) is 0 Å². The van der Waals surface area contributed by atoms with E-state index in [1.807, 2.05) is 0 Å². The Labute approximate surface area is 156 Å². The number of amides is 2. The van der Waals surface area contributed by atoms with Gasteiger partial charge in [-0.2, -0.15) is 0 Å². The molecule has 132 valence electrons. The number of ether oxygens (including phenoxy) is 1. The lowest BCUT2D eigenvalue weighted by atomic mass is 10.2. The van der Waals surface area contributed by atoms with Crippen molar-refractivity contribution < 1.29 is 14.3 Å². The van der Waals surface area contributed by atoms with Crippen LogP contribution in [0.25, 0.3) is 0 Å². The Balaban J connectivity index is 1.73. The van der Waals surface area contributed by atoms with E-state index in [4.69, 9.17) is 27.9 Å².